The smallest absolute Gasteiger partial charge is 0.274 e. The number of rotatable bonds is 4. The first-order valence-corrected chi connectivity index (χ1v) is 5.26. The Morgan fingerprint density at radius 2 is 2.31 bits per heavy atom. The summed E-state index contributed by atoms with van der Waals surface area (Å²) in [5.74, 6) is 6.19. The zero-order chi connectivity index (χ0) is 11.5. The highest BCUT2D eigenvalue weighted by atomic mass is 16.2. The van der Waals surface area contributed by atoms with Crippen molar-refractivity contribution in [1.82, 2.24) is 15.1 Å². The molecule has 6 nitrogen and oxygen atoms in total. The SMILES string of the molecule is CN(CC1CC1)C(=O)c1ccc(NN)nn1. The Morgan fingerprint density at radius 1 is 1.56 bits per heavy atom. The van der Waals surface area contributed by atoms with Crippen LogP contribution in [0.15, 0.2) is 12.1 Å². The summed E-state index contributed by atoms with van der Waals surface area (Å²) in [6.45, 7) is 0.803. The van der Waals surface area contributed by atoms with Crippen LogP contribution in [-0.4, -0.2) is 34.6 Å². The van der Waals surface area contributed by atoms with E-state index in [1.54, 1.807) is 24.1 Å². The van der Waals surface area contributed by atoms with Gasteiger partial charge in [-0.3, -0.25) is 4.79 Å². The van der Waals surface area contributed by atoms with Gasteiger partial charge in [-0.05, 0) is 30.9 Å². The Kier molecular flexibility index (Phi) is 3.00. The van der Waals surface area contributed by atoms with Crippen LogP contribution in [0.25, 0.3) is 0 Å². The number of hydrazine groups is 1. The molecule has 0 aromatic carbocycles. The molecule has 1 aliphatic rings. The van der Waals surface area contributed by atoms with Gasteiger partial charge in [0.1, 0.15) is 0 Å². The van der Waals surface area contributed by atoms with E-state index in [1.807, 2.05) is 0 Å². The molecule has 16 heavy (non-hydrogen) atoms. The number of hydrogen-bond acceptors (Lipinski definition) is 5. The third kappa shape index (κ3) is 2.46. The molecule has 0 atom stereocenters. The standard InChI is InChI=1S/C10H15N5O/c1-15(6-7-2-3-7)10(16)8-4-5-9(12-11)14-13-8/h4-5,7H,2-3,6,11H2,1H3,(H,12,14). The molecule has 1 heterocycles. The number of nitrogens with one attached hydrogen (secondary N) is 1. The van der Waals surface area contributed by atoms with Crippen LogP contribution in [0.5, 0.6) is 0 Å². The van der Waals surface area contributed by atoms with Gasteiger partial charge in [0.25, 0.3) is 5.91 Å². The molecule has 0 aliphatic heterocycles. The maximum atomic E-state index is 11.9. The minimum absolute atomic E-state index is 0.0945. The second kappa shape index (κ2) is 4.44. The molecule has 1 saturated carbocycles. The number of nitrogens with zero attached hydrogens (tertiary/aromatic N) is 3. The minimum atomic E-state index is -0.0945. The van der Waals surface area contributed by atoms with Gasteiger partial charge in [0.2, 0.25) is 0 Å². The van der Waals surface area contributed by atoms with E-state index in [2.05, 4.69) is 15.6 Å². The van der Waals surface area contributed by atoms with E-state index in [4.69, 9.17) is 5.84 Å². The molecular weight excluding hydrogens is 206 g/mol. The molecule has 1 fully saturated rings. The van der Waals surface area contributed by atoms with E-state index >= 15 is 0 Å². The van der Waals surface area contributed by atoms with Crippen molar-refractivity contribution in [2.75, 3.05) is 19.0 Å². The van der Waals surface area contributed by atoms with Crippen LogP contribution < -0.4 is 11.3 Å². The Bertz CT molecular complexity index is 373. The molecule has 1 aromatic rings. The molecule has 0 unspecified atom stereocenters. The Hall–Kier alpha value is -1.69. The fourth-order valence-electron chi connectivity index (χ4n) is 1.49. The van der Waals surface area contributed by atoms with E-state index in [9.17, 15) is 4.79 Å². The van der Waals surface area contributed by atoms with Gasteiger partial charge in [0, 0.05) is 13.6 Å². The van der Waals surface area contributed by atoms with Crippen LogP contribution in [-0.2, 0) is 0 Å². The van der Waals surface area contributed by atoms with Crippen molar-refractivity contribution in [2.24, 2.45) is 11.8 Å². The van der Waals surface area contributed by atoms with E-state index in [-0.39, 0.29) is 5.91 Å². The number of carbonyl (C=O) groups excluding carboxylic acids is 1. The van der Waals surface area contributed by atoms with Gasteiger partial charge in [0.05, 0.1) is 0 Å². The lowest BCUT2D eigenvalue weighted by atomic mass is 10.3. The van der Waals surface area contributed by atoms with Crippen LogP contribution in [0.3, 0.4) is 0 Å². The zero-order valence-corrected chi connectivity index (χ0v) is 9.18. The minimum Gasteiger partial charge on any atom is -0.340 e. The summed E-state index contributed by atoms with van der Waals surface area (Å²) in [7, 11) is 1.79. The van der Waals surface area contributed by atoms with Crippen molar-refractivity contribution >= 4 is 11.7 Å². The molecule has 0 bridgehead atoms. The maximum absolute atomic E-state index is 11.9. The van der Waals surface area contributed by atoms with Crippen molar-refractivity contribution < 1.29 is 4.79 Å². The number of nitrogens with two attached hydrogens (primary N) is 1. The molecule has 1 aromatic heterocycles. The van der Waals surface area contributed by atoms with Gasteiger partial charge in [0.15, 0.2) is 11.5 Å². The lowest BCUT2D eigenvalue weighted by Crippen LogP contribution is -2.29. The first-order chi connectivity index (χ1) is 7.70. The number of aromatic nitrogens is 2. The first-order valence-electron chi connectivity index (χ1n) is 5.26. The number of amides is 1. The van der Waals surface area contributed by atoms with Crippen LogP contribution in [0.4, 0.5) is 5.82 Å². The zero-order valence-electron chi connectivity index (χ0n) is 9.18. The summed E-state index contributed by atoms with van der Waals surface area (Å²) in [6, 6.07) is 3.25. The average molecular weight is 221 g/mol. The highest BCUT2D eigenvalue weighted by Crippen LogP contribution is 2.29. The van der Waals surface area contributed by atoms with E-state index < -0.39 is 0 Å². The maximum Gasteiger partial charge on any atom is 0.274 e. The summed E-state index contributed by atoms with van der Waals surface area (Å²) in [5.41, 5.74) is 2.72. The second-order valence-electron chi connectivity index (χ2n) is 4.08. The average Bonchev–Trinajstić information content (AvgIpc) is 3.12. The lowest BCUT2D eigenvalue weighted by molar-refractivity contribution is 0.0782. The van der Waals surface area contributed by atoms with Gasteiger partial charge in [-0.2, -0.15) is 0 Å². The Balaban J connectivity index is 2.00. The third-order valence-electron chi connectivity index (χ3n) is 2.61. The predicted octanol–water partition coefficient (Wildman–Crippen LogP) is 0.244. The number of nitrogen functional groups attached to an aromatic ring is 1. The van der Waals surface area contributed by atoms with Crippen molar-refractivity contribution in [1.29, 1.82) is 0 Å². The summed E-state index contributed by atoms with van der Waals surface area (Å²) < 4.78 is 0. The van der Waals surface area contributed by atoms with Crippen LogP contribution in [0.1, 0.15) is 23.3 Å². The van der Waals surface area contributed by atoms with E-state index in [1.165, 1.54) is 12.8 Å². The van der Waals surface area contributed by atoms with Crippen molar-refractivity contribution in [3.05, 3.63) is 17.8 Å². The number of anilines is 1. The molecule has 1 amide bonds. The van der Waals surface area contributed by atoms with Gasteiger partial charge < -0.3 is 10.3 Å². The Morgan fingerprint density at radius 3 is 2.81 bits per heavy atom. The molecule has 0 spiro atoms. The van der Waals surface area contributed by atoms with E-state index in [0.29, 0.717) is 17.4 Å². The molecular formula is C10H15N5O. The first kappa shape index (κ1) is 10.8. The summed E-state index contributed by atoms with van der Waals surface area (Å²) in [6.07, 6.45) is 2.44. The molecule has 6 heteroatoms. The lowest BCUT2D eigenvalue weighted by Gasteiger charge is -2.15. The largest absolute Gasteiger partial charge is 0.340 e. The highest BCUT2D eigenvalue weighted by molar-refractivity contribution is 5.92. The Labute approximate surface area is 93.8 Å². The van der Waals surface area contributed by atoms with Gasteiger partial charge in [-0.25, -0.2) is 5.84 Å². The fraction of sp³-hybridized carbons (Fsp3) is 0.500. The van der Waals surface area contributed by atoms with Crippen LogP contribution in [0.2, 0.25) is 0 Å². The topological polar surface area (TPSA) is 84.1 Å². The molecule has 3 N–H and O–H groups in total. The van der Waals surface area contributed by atoms with Gasteiger partial charge >= 0.3 is 0 Å². The molecule has 2 rings (SSSR count). The number of carbonyl (C=O) groups is 1. The van der Waals surface area contributed by atoms with Gasteiger partial charge in [-0.15, -0.1) is 10.2 Å². The highest BCUT2D eigenvalue weighted by Gasteiger charge is 2.25. The van der Waals surface area contributed by atoms with Crippen LogP contribution in [0, 0.1) is 5.92 Å². The van der Waals surface area contributed by atoms with Crippen molar-refractivity contribution in [3.8, 4) is 0 Å². The monoisotopic (exact) mass is 221 g/mol. The van der Waals surface area contributed by atoms with Crippen molar-refractivity contribution in [3.63, 3.8) is 0 Å². The predicted molar refractivity (Wildman–Crippen MR) is 59.5 cm³/mol. The van der Waals surface area contributed by atoms with Gasteiger partial charge in [-0.1, -0.05) is 0 Å². The van der Waals surface area contributed by atoms with Crippen LogP contribution >= 0.6 is 0 Å². The van der Waals surface area contributed by atoms with E-state index in [0.717, 1.165) is 6.54 Å². The molecule has 0 radical (unpaired) electrons. The normalized spacial score (nSPS) is 14.6. The second-order valence-corrected chi connectivity index (χ2v) is 4.08. The summed E-state index contributed by atoms with van der Waals surface area (Å²) >= 11 is 0. The summed E-state index contributed by atoms with van der Waals surface area (Å²) in [4.78, 5) is 13.6. The fourth-order valence-corrected chi connectivity index (χ4v) is 1.49. The molecule has 0 saturated heterocycles. The van der Waals surface area contributed by atoms with Crippen molar-refractivity contribution in [2.45, 2.75) is 12.8 Å². The number of hydrogen-bond donors (Lipinski definition) is 2. The molecule has 86 valence electrons. The quantitative estimate of drug-likeness (QED) is 0.562. The summed E-state index contributed by atoms with van der Waals surface area (Å²) in [5, 5.41) is 7.58. The molecule has 1 aliphatic carbocycles. The third-order valence-corrected chi connectivity index (χ3v) is 2.61.